The number of para-hydroxylation sites is 1. The molecule has 1 N–H and O–H groups in total. The smallest absolute Gasteiger partial charge is 0.209 e. The average molecular weight is 336 g/mol. The predicted octanol–water partition coefficient (Wildman–Crippen LogP) is 3.89. The van der Waals surface area contributed by atoms with E-state index in [1.54, 1.807) is 18.2 Å². The van der Waals surface area contributed by atoms with Gasteiger partial charge in [0.1, 0.15) is 5.83 Å². The first kappa shape index (κ1) is 16.7. The molecule has 1 aliphatic carbocycles. The number of benzene rings is 1. The van der Waals surface area contributed by atoms with Gasteiger partial charge < -0.3 is 5.41 Å². The largest absolute Gasteiger partial charge is 0.313 e. The summed E-state index contributed by atoms with van der Waals surface area (Å²) < 4.78 is 15.4. The highest BCUT2D eigenvalue weighted by Gasteiger charge is 2.14. The second-order valence-electron chi connectivity index (χ2n) is 5.51. The first-order valence-electron chi connectivity index (χ1n) is 7.96. The van der Waals surface area contributed by atoms with Crippen LogP contribution in [0.25, 0.3) is 5.70 Å². The van der Waals surface area contributed by atoms with Crippen LogP contribution in [-0.4, -0.2) is 21.7 Å². The Morgan fingerprint density at radius 3 is 2.84 bits per heavy atom. The van der Waals surface area contributed by atoms with Gasteiger partial charge in [-0.3, -0.25) is 9.79 Å². The first-order chi connectivity index (χ1) is 12.2. The van der Waals surface area contributed by atoms with Crippen molar-refractivity contribution in [3.05, 3.63) is 76.5 Å². The Hall–Kier alpha value is -3.15. The molecule has 5 nitrogen and oxygen atoms in total. The van der Waals surface area contributed by atoms with Crippen molar-refractivity contribution in [1.29, 1.82) is 5.41 Å². The van der Waals surface area contributed by atoms with Gasteiger partial charge in [0.2, 0.25) is 5.43 Å². The third kappa shape index (κ3) is 3.85. The van der Waals surface area contributed by atoms with E-state index in [1.165, 1.54) is 23.2 Å². The van der Waals surface area contributed by atoms with E-state index in [0.29, 0.717) is 29.9 Å². The van der Waals surface area contributed by atoms with E-state index < -0.39 is 0 Å². The fraction of sp³-hybridized carbons (Fsp3) is 0.158. The lowest BCUT2D eigenvalue weighted by Crippen LogP contribution is -2.22. The molecule has 1 aromatic carbocycles. The van der Waals surface area contributed by atoms with Crippen molar-refractivity contribution in [2.24, 2.45) is 4.99 Å². The molecule has 0 unspecified atom stereocenters. The first-order valence-corrected chi connectivity index (χ1v) is 7.96. The van der Waals surface area contributed by atoms with Crippen molar-refractivity contribution in [2.75, 3.05) is 0 Å². The molecule has 0 radical (unpaired) electrons. The Morgan fingerprint density at radius 1 is 1.32 bits per heavy atom. The fourth-order valence-corrected chi connectivity index (χ4v) is 2.52. The zero-order valence-corrected chi connectivity index (χ0v) is 13.5. The van der Waals surface area contributed by atoms with E-state index >= 15 is 0 Å². The van der Waals surface area contributed by atoms with Gasteiger partial charge in [0.15, 0.2) is 5.69 Å². The number of hydrogen-bond acceptors (Lipinski definition) is 4. The van der Waals surface area contributed by atoms with Crippen LogP contribution in [0.2, 0.25) is 0 Å². The normalized spacial score (nSPS) is 14.7. The number of halogens is 1. The van der Waals surface area contributed by atoms with Crippen LogP contribution in [0.4, 0.5) is 10.1 Å². The van der Waals surface area contributed by atoms with Gasteiger partial charge in [-0.15, -0.1) is 0 Å². The topological polar surface area (TPSA) is 71.1 Å². The number of nitrogens with one attached hydrogen (secondary N) is 1. The molecule has 3 rings (SSSR count). The molecule has 1 aromatic heterocycles. The summed E-state index contributed by atoms with van der Waals surface area (Å²) in [6, 6.07) is 10.5. The third-order valence-corrected chi connectivity index (χ3v) is 3.73. The van der Waals surface area contributed by atoms with Gasteiger partial charge in [0, 0.05) is 31.3 Å². The minimum absolute atomic E-state index is 0.120. The van der Waals surface area contributed by atoms with Crippen LogP contribution in [0.3, 0.4) is 0 Å². The minimum Gasteiger partial charge on any atom is -0.313 e. The number of aromatic nitrogens is 2. The molecule has 25 heavy (non-hydrogen) atoms. The number of nitrogens with zero attached hydrogens (tertiary/aromatic N) is 3. The van der Waals surface area contributed by atoms with E-state index in [9.17, 15) is 9.18 Å². The molecule has 1 aliphatic rings. The van der Waals surface area contributed by atoms with E-state index in [1.807, 2.05) is 24.3 Å². The van der Waals surface area contributed by atoms with Crippen molar-refractivity contribution < 1.29 is 4.39 Å². The number of aliphatic imine (C=N–C) groups is 1. The van der Waals surface area contributed by atoms with Crippen LogP contribution in [0.15, 0.2) is 70.4 Å². The zero-order valence-electron chi connectivity index (χ0n) is 13.5. The van der Waals surface area contributed by atoms with Crippen molar-refractivity contribution in [3.8, 4) is 0 Å². The standard InChI is InChI=1S/C19H17FN4O/c20-15-8-4-5-9-17(15)24-13-11-18(25)19(23-24)16(10-12-21)22-14-6-2-1-3-7-14/h1-3,5-7,9,11-13,21H,4,8,10H2. The fourth-order valence-electron chi connectivity index (χ4n) is 2.52. The molecular formula is C19H17FN4O. The van der Waals surface area contributed by atoms with Crippen LogP contribution < -0.4 is 5.43 Å². The monoisotopic (exact) mass is 336 g/mol. The molecule has 1 heterocycles. The summed E-state index contributed by atoms with van der Waals surface area (Å²) in [5.74, 6) is -0.266. The van der Waals surface area contributed by atoms with Gasteiger partial charge in [-0.2, -0.15) is 5.10 Å². The predicted molar refractivity (Wildman–Crippen MR) is 97.2 cm³/mol. The van der Waals surface area contributed by atoms with Crippen LogP contribution >= 0.6 is 0 Å². The minimum atomic E-state index is -0.312. The van der Waals surface area contributed by atoms with Crippen LogP contribution in [0.1, 0.15) is 25.0 Å². The van der Waals surface area contributed by atoms with Crippen molar-refractivity contribution >= 4 is 23.3 Å². The Balaban J connectivity index is 2.09. The Morgan fingerprint density at radius 2 is 2.12 bits per heavy atom. The number of rotatable bonds is 5. The van der Waals surface area contributed by atoms with E-state index in [4.69, 9.17) is 5.41 Å². The summed E-state index contributed by atoms with van der Waals surface area (Å²) in [4.78, 5) is 16.7. The van der Waals surface area contributed by atoms with E-state index in [0.717, 1.165) is 0 Å². The quantitative estimate of drug-likeness (QED) is 0.841. The summed E-state index contributed by atoms with van der Waals surface area (Å²) in [7, 11) is 0. The summed E-state index contributed by atoms with van der Waals surface area (Å²) in [5.41, 5.74) is 1.17. The summed E-state index contributed by atoms with van der Waals surface area (Å²) in [6.45, 7) is 0. The van der Waals surface area contributed by atoms with Gasteiger partial charge in [-0.25, -0.2) is 9.07 Å². The average Bonchev–Trinajstić information content (AvgIpc) is 2.63. The second-order valence-corrected chi connectivity index (χ2v) is 5.51. The van der Waals surface area contributed by atoms with Crippen molar-refractivity contribution in [3.63, 3.8) is 0 Å². The molecule has 0 amide bonds. The molecular weight excluding hydrogens is 319 g/mol. The molecule has 0 aliphatic heterocycles. The zero-order chi connectivity index (χ0) is 17.6. The highest BCUT2D eigenvalue weighted by atomic mass is 19.1. The van der Waals surface area contributed by atoms with Crippen LogP contribution in [0.5, 0.6) is 0 Å². The van der Waals surface area contributed by atoms with Gasteiger partial charge in [-0.1, -0.05) is 24.3 Å². The van der Waals surface area contributed by atoms with Crippen LogP contribution in [-0.2, 0) is 0 Å². The summed E-state index contributed by atoms with van der Waals surface area (Å²) in [5, 5.41) is 11.7. The number of hydrogen-bond donors (Lipinski definition) is 1. The Bertz CT molecular complexity index is 926. The van der Waals surface area contributed by atoms with Crippen molar-refractivity contribution in [2.45, 2.75) is 19.3 Å². The number of allylic oxidation sites excluding steroid dienone is 4. The Kier molecular flexibility index (Phi) is 5.09. The van der Waals surface area contributed by atoms with Gasteiger partial charge in [-0.05, 0) is 24.6 Å². The molecule has 0 saturated heterocycles. The lowest BCUT2D eigenvalue weighted by molar-refractivity contribution is 0.581. The molecule has 0 bridgehead atoms. The maximum absolute atomic E-state index is 14.1. The summed E-state index contributed by atoms with van der Waals surface area (Å²) in [6.07, 6.45) is 7.27. The van der Waals surface area contributed by atoms with E-state index in [-0.39, 0.29) is 23.4 Å². The van der Waals surface area contributed by atoms with Crippen LogP contribution in [0, 0.1) is 5.41 Å². The highest BCUT2D eigenvalue weighted by molar-refractivity contribution is 6.06. The molecule has 0 spiro atoms. The molecule has 0 fully saturated rings. The maximum atomic E-state index is 14.1. The molecule has 126 valence electrons. The SMILES string of the molecule is N=CCC(=Nc1ccccc1)c1nn(C2=C(F)CCC=C2)ccc1=O. The summed E-state index contributed by atoms with van der Waals surface area (Å²) >= 11 is 0. The molecule has 0 saturated carbocycles. The van der Waals surface area contributed by atoms with Gasteiger partial charge in [0.25, 0.3) is 0 Å². The lowest BCUT2D eigenvalue weighted by atomic mass is 10.1. The maximum Gasteiger partial charge on any atom is 0.209 e. The molecule has 0 atom stereocenters. The lowest BCUT2D eigenvalue weighted by Gasteiger charge is -2.13. The highest BCUT2D eigenvalue weighted by Crippen LogP contribution is 2.22. The van der Waals surface area contributed by atoms with E-state index in [2.05, 4.69) is 10.1 Å². The van der Waals surface area contributed by atoms with Crippen molar-refractivity contribution in [1.82, 2.24) is 9.78 Å². The molecule has 2 aromatic rings. The molecule has 6 heteroatoms. The second kappa shape index (κ2) is 7.61. The Labute approximate surface area is 144 Å². The van der Waals surface area contributed by atoms with Gasteiger partial charge >= 0.3 is 0 Å². The third-order valence-electron chi connectivity index (χ3n) is 3.73. The van der Waals surface area contributed by atoms with Gasteiger partial charge in [0.05, 0.1) is 17.1 Å².